The number of hydrogen-bond donors (Lipinski definition) is 1. The molecule has 66 valence electrons. The quantitative estimate of drug-likeness (QED) is 0.688. The Morgan fingerprint density at radius 2 is 2.42 bits per heavy atom. The van der Waals surface area contributed by atoms with Gasteiger partial charge in [-0.3, -0.25) is 0 Å². The van der Waals surface area contributed by atoms with Gasteiger partial charge in [0.2, 0.25) is 0 Å². The summed E-state index contributed by atoms with van der Waals surface area (Å²) in [5, 5.41) is 0. The molecule has 1 saturated heterocycles. The standard InChI is InChI=1S/C9H13NO2/c10-7-3-5-12-9(6-7)8-2-1-4-11-8/h1-2,4,7,9H,3,5-6,10H2. The summed E-state index contributed by atoms with van der Waals surface area (Å²) in [5.74, 6) is 0.894. The van der Waals surface area contributed by atoms with E-state index in [1.165, 1.54) is 0 Å². The maximum absolute atomic E-state index is 5.81. The van der Waals surface area contributed by atoms with E-state index in [2.05, 4.69) is 0 Å². The zero-order valence-corrected chi connectivity index (χ0v) is 6.90. The molecule has 0 bridgehead atoms. The molecular formula is C9H13NO2. The van der Waals surface area contributed by atoms with Crippen LogP contribution in [0.2, 0.25) is 0 Å². The summed E-state index contributed by atoms with van der Waals surface area (Å²) < 4.78 is 10.8. The van der Waals surface area contributed by atoms with E-state index in [1.807, 2.05) is 12.1 Å². The van der Waals surface area contributed by atoms with Gasteiger partial charge in [-0.2, -0.15) is 0 Å². The Morgan fingerprint density at radius 3 is 3.08 bits per heavy atom. The fourth-order valence-electron chi connectivity index (χ4n) is 1.50. The van der Waals surface area contributed by atoms with Gasteiger partial charge in [0, 0.05) is 12.6 Å². The molecule has 0 spiro atoms. The molecule has 2 rings (SSSR count). The van der Waals surface area contributed by atoms with Crippen molar-refractivity contribution in [1.29, 1.82) is 0 Å². The SMILES string of the molecule is NC1CCOC(c2ccco2)C1. The lowest BCUT2D eigenvalue weighted by Gasteiger charge is -2.25. The van der Waals surface area contributed by atoms with Gasteiger partial charge in [-0.25, -0.2) is 0 Å². The van der Waals surface area contributed by atoms with E-state index in [4.69, 9.17) is 14.9 Å². The molecule has 0 aliphatic carbocycles. The van der Waals surface area contributed by atoms with Gasteiger partial charge in [0.15, 0.2) is 0 Å². The van der Waals surface area contributed by atoms with E-state index in [0.717, 1.165) is 25.2 Å². The molecule has 0 saturated carbocycles. The predicted octanol–water partition coefficient (Wildman–Crippen LogP) is 1.46. The predicted molar refractivity (Wildman–Crippen MR) is 44.6 cm³/mol. The van der Waals surface area contributed by atoms with Gasteiger partial charge >= 0.3 is 0 Å². The Morgan fingerprint density at radius 1 is 1.50 bits per heavy atom. The summed E-state index contributed by atoms with van der Waals surface area (Å²) in [4.78, 5) is 0. The van der Waals surface area contributed by atoms with Crippen molar-refractivity contribution in [1.82, 2.24) is 0 Å². The van der Waals surface area contributed by atoms with Crippen LogP contribution in [0.1, 0.15) is 24.7 Å². The Bertz CT molecular complexity index is 233. The van der Waals surface area contributed by atoms with Gasteiger partial charge in [0.05, 0.1) is 6.26 Å². The van der Waals surface area contributed by atoms with Crippen molar-refractivity contribution in [3.63, 3.8) is 0 Å². The first-order valence-electron chi connectivity index (χ1n) is 4.27. The number of furan rings is 1. The highest BCUT2D eigenvalue weighted by atomic mass is 16.5. The van der Waals surface area contributed by atoms with Crippen molar-refractivity contribution in [3.05, 3.63) is 24.2 Å². The first-order chi connectivity index (χ1) is 5.86. The lowest BCUT2D eigenvalue weighted by atomic mass is 10.0. The summed E-state index contributed by atoms with van der Waals surface area (Å²) in [6.45, 7) is 0.743. The monoisotopic (exact) mass is 167 g/mol. The van der Waals surface area contributed by atoms with E-state index < -0.39 is 0 Å². The molecular weight excluding hydrogens is 154 g/mol. The highest BCUT2D eigenvalue weighted by Crippen LogP contribution is 2.27. The van der Waals surface area contributed by atoms with Crippen LogP contribution in [0.4, 0.5) is 0 Å². The van der Waals surface area contributed by atoms with Crippen molar-refractivity contribution >= 4 is 0 Å². The first kappa shape index (κ1) is 7.83. The Hall–Kier alpha value is -0.800. The third kappa shape index (κ3) is 1.52. The average molecular weight is 167 g/mol. The zero-order valence-electron chi connectivity index (χ0n) is 6.90. The molecule has 1 aromatic rings. The molecule has 1 fully saturated rings. The lowest BCUT2D eigenvalue weighted by Crippen LogP contribution is -2.30. The van der Waals surface area contributed by atoms with Crippen LogP contribution in [-0.2, 0) is 4.74 Å². The summed E-state index contributed by atoms with van der Waals surface area (Å²) >= 11 is 0. The minimum atomic E-state index is 0.0729. The molecule has 0 aromatic carbocycles. The van der Waals surface area contributed by atoms with E-state index in [0.29, 0.717) is 0 Å². The van der Waals surface area contributed by atoms with Crippen LogP contribution in [-0.4, -0.2) is 12.6 Å². The third-order valence-electron chi connectivity index (χ3n) is 2.19. The molecule has 2 N–H and O–H groups in total. The van der Waals surface area contributed by atoms with Gasteiger partial charge in [-0.15, -0.1) is 0 Å². The summed E-state index contributed by atoms with van der Waals surface area (Å²) in [6, 6.07) is 4.07. The summed E-state index contributed by atoms with van der Waals surface area (Å²) in [5.41, 5.74) is 5.81. The van der Waals surface area contributed by atoms with Gasteiger partial charge in [0.1, 0.15) is 11.9 Å². The molecule has 2 heterocycles. The molecule has 0 radical (unpaired) electrons. The van der Waals surface area contributed by atoms with Gasteiger partial charge in [0.25, 0.3) is 0 Å². The van der Waals surface area contributed by atoms with E-state index in [1.54, 1.807) is 6.26 Å². The van der Waals surface area contributed by atoms with Crippen LogP contribution in [0.25, 0.3) is 0 Å². The Labute approximate surface area is 71.5 Å². The van der Waals surface area contributed by atoms with Crippen molar-refractivity contribution in [2.75, 3.05) is 6.61 Å². The van der Waals surface area contributed by atoms with Crippen LogP contribution in [0.5, 0.6) is 0 Å². The van der Waals surface area contributed by atoms with Crippen LogP contribution < -0.4 is 5.73 Å². The second-order valence-corrected chi connectivity index (χ2v) is 3.16. The zero-order chi connectivity index (χ0) is 8.39. The minimum absolute atomic E-state index is 0.0729. The van der Waals surface area contributed by atoms with Crippen molar-refractivity contribution in [2.24, 2.45) is 5.73 Å². The second kappa shape index (κ2) is 3.29. The maximum atomic E-state index is 5.81. The number of hydrogen-bond acceptors (Lipinski definition) is 3. The second-order valence-electron chi connectivity index (χ2n) is 3.16. The highest BCUT2D eigenvalue weighted by Gasteiger charge is 2.22. The van der Waals surface area contributed by atoms with Crippen LogP contribution >= 0.6 is 0 Å². The largest absolute Gasteiger partial charge is 0.467 e. The van der Waals surface area contributed by atoms with E-state index in [9.17, 15) is 0 Å². The Kier molecular flexibility index (Phi) is 2.15. The topological polar surface area (TPSA) is 48.4 Å². The fraction of sp³-hybridized carbons (Fsp3) is 0.556. The van der Waals surface area contributed by atoms with Crippen molar-refractivity contribution in [2.45, 2.75) is 25.0 Å². The summed E-state index contributed by atoms with van der Waals surface area (Å²) in [7, 11) is 0. The highest BCUT2D eigenvalue weighted by molar-refractivity contribution is 5.03. The molecule has 2 unspecified atom stereocenters. The van der Waals surface area contributed by atoms with Crippen LogP contribution in [0.3, 0.4) is 0 Å². The molecule has 0 amide bonds. The minimum Gasteiger partial charge on any atom is -0.467 e. The van der Waals surface area contributed by atoms with Crippen LogP contribution in [0, 0.1) is 0 Å². The van der Waals surface area contributed by atoms with E-state index >= 15 is 0 Å². The summed E-state index contributed by atoms with van der Waals surface area (Å²) in [6.07, 6.45) is 3.56. The van der Waals surface area contributed by atoms with E-state index in [-0.39, 0.29) is 12.1 Å². The van der Waals surface area contributed by atoms with Gasteiger partial charge in [-0.1, -0.05) is 0 Å². The molecule has 3 heteroatoms. The van der Waals surface area contributed by atoms with Crippen molar-refractivity contribution in [3.8, 4) is 0 Å². The Balaban J connectivity index is 2.04. The smallest absolute Gasteiger partial charge is 0.132 e. The molecule has 1 aromatic heterocycles. The molecule has 1 aliphatic rings. The average Bonchev–Trinajstić information content (AvgIpc) is 2.56. The van der Waals surface area contributed by atoms with Crippen molar-refractivity contribution < 1.29 is 9.15 Å². The maximum Gasteiger partial charge on any atom is 0.132 e. The number of nitrogens with two attached hydrogens (primary N) is 1. The van der Waals surface area contributed by atoms with Gasteiger partial charge < -0.3 is 14.9 Å². The molecule has 3 nitrogen and oxygen atoms in total. The molecule has 12 heavy (non-hydrogen) atoms. The van der Waals surface area contributed by atoms with Gasteiger partial charge in [-0.05, 0) is 25.0 Å². The fourth-order valence-corrected chi connectivity index (χ4v) is 1.50. The first-order valence-corrected chi connectivity index (χ1v) is 4.27. The lowest BCUT2D eigenvalue weighted by molar-refractivity contribution is -0.00589. The number of rotatable bonds is 1. The van der Waals surface area contributed by atoms with Crippen LogP contribution in [0.15, 0.2) is 22.8 Å². The molecule has 1 aliphatic heterocycles. The third-order valence-corrected chi connectivity index (χ3v) is 2.19. The number of ether oxygens (including phenoxy) is 1. The molecule has 2 atom stereocenters. The normalized spacial score (nSPS) is 30.4.